The van der Waals surface area contributed by atoms with E-state index in [1.807, 2.05) is 7.05 Å². The maximum atomic E-state index is 3.23. The molecule has 0 aromatic heterocycles. The van der Waals surface area contributed by atoms with E-state index in [9.17, 15) is 0 Å². The second kappa shape index (κ2) is 7.96. The van der Waals surface area contributed by atoms with E-state index in [2.05, 4.69) is 84.9 Å². The molecule has 2 aromatic rings. The molecular weight excluding hydrogens is 256 g/mol. The molecule has 0 spiro atoms. The lowest BCUT2D eigenvalue weighted by molar-refractivity contribution is 0.240. The van der Waals surface area contributed by atoms with Crippen LogP contribution in [-0.4, -0.2) is 38.1 Å². The third-order valence-electron chi connectivity index (χ3n) is 4.21. The van der Waals surface area contributed by atoms with Gasteiger partial charge in [0.25, 0.3) is 0 Å². The van der Waals surface area contributed by atoms with Crippen molar-refractivity contribution in [3.05, 3.63) is 71.8 Å². The number of hydrogen-bond donors (Lipinski definition) is 1. The summed E-state index contributed by atoms with van der Waals surface area (Å²) in [5.41, 5.74) is 2.76. The molecule has 0 radical (unpaired) electrons. The lowest BCUT2D eigenvalue weighted by Gasteiger charge is -2.33. The molecule has 21 heavy (non-hydrogen) atoms. The fraction of sp³-hybridized carbons (Fsp3) is 0.368. The van der Waals surface area contributed by atoms with Crippen LogP contribution in [0.15, 0.2) is 60.7 Å². The highest BCUT2D eigenvalue weighted by Gasteiger charge is 2.24. The van der Waals surface area contributed by atoms with E-state index in [0.717, 1.165) is 13.1 Å². The molecule has 2 rings (SSSR count). The second-order valence-electron chi connectivity index (χ2n) is 5.62. The zero-order chi connectivity index (χ0) is 15.1. The Morgan fingerprint density at radius 1 is 0.905 bits per heavy atom. The van der Waals surface area contributed by atoms with Crippen LogP contribution in [0.4, 0.5) is 0 Å². The van der Waals surface area contributed by atoms with Crippen LogP contribution in [-0.2, 0) is 0 Å². The maximum Gasteiger partial charge on any atom is 0.0242 e. The Hall–Kier alpha value is -1.64. The van der Waals surface area contributed by atoms with Gasteiger partial charge in [0, 0.05) is 25.0 Å². The van der Waals surface area contributed by atoms with Crippen molar-refractivity contribution >= 4 is 0 Å². The maximum absolute atomic E-state index is 3.23. The van der Waals surface area contributed by atoms with E-state index >= 15 is 0 Å². The molecule has 0 fully saturated rings. The summed E-state index contributed by atoms with van der Waals surface area (Å²) in [6, 6.07) is 22.1. The number of likely N-dealkylation sites (N-methyl/N-ethyl adjacent to an activating group) is 2. The lowest BCUT2D eigenvalue weighted by Crippen LogP contribution is -2.38. The molecule has 1 unspecified atom stereocenters. The van der Waals surface area contributed by atoms with Gasteiger partial charge in [0.2, 0.25) is 0 Å². The van der Waals surface area contributed by atoms with E-state index in [1.54, 1.807) is 0 Å². The molecule has 0 saturated carbocycles. The fourth-order valence-corrected chi connectivity index (χ4v) is 2.82. The van der Waals surface area contributed by atoms with Gasteiger partial charge in [-0.1, -0.05) is 60.7 Å². The van der Waals surface area contributed by atoms with Crippen molar-refractivity contribution in [2.24, 2.45) is 0 Å². The first-order valence-electron chi connectivity index (χ1n) is 7.68. The molecule has 0 aliphatic heterocycles. The Kier molecular flexibility index (Phi) is 5.97. The Bertz CT molecular complexity index is 470. The molecule has 0 bridgehead atoms. The van der Waals surface area contributed by atoms with Crippen molar-refractivity contribution in [2.45, 2.75) is 18.9 Å². The van der Waals surface area contributed by atoms with Crippen LogP contribution in [0.25, 0.3) is 0 Å². The molecule has 2 aromatic carbocycles. The summed E-state index contributed by atoms with van der Waals surface area (Å²) in [6.07, 6.45) is 0. The number of hydrogen-bond acceptors (Lipinski definition) is 2. The van der Waals surface area contributed by atoms with E-state index in [-0.39, 0.29) is 0 Å². The van der Waals surface area contributed by atoms with Crippen molar-refractivity contribution < 1.29 is 0 Å². The van der Waals surface area contributed by atoms with Crippen molar-refractivity contribution in [1.29, 1.82) is 0 Å². The summed E-state index contributed by atoms with van der Waals surface area (Å²) in [4.78, 5) is 2.43. The van der Waals surface area contributed by atoms with Crippen LogP contribution < -0.4 is 5.32 Å². The zero-order valence-corrected chi connectivity index (χ0v) is 13.3. The van der Waals surface area contributed by atoms with Gasteiger partial charge in [0.15, 0.2) is 0 Å². The average Bonchev–Trinajstić information content (AvgIpc) is 2.54. The topological polar surface area (TPSA) is 15.3 Å². The Balaban J connectivity index is 2.28. The molecular formula is C19H26N2. The summed E-state index contributed by atoms with van der Waals surface area (Å²) >= 11 is 0. The number of benzene rings is 2. The largest absolute Gasteiger partial charge is 0.318 e. The van der Waals surface area contributed by atoms with Crippen LogP contribution in [0.3, 0.4) is 0 Å². The molecule has 0 heterocycles. The van der Waals surface area contributed by atoms with E-state index in [4.69, 9.17) is 0 Å². The predicted octanol–water partition coefficient (Wildman–Crippen LogP) is 3.36. The second-order valence-corrected chi connectivity index (χ2v) is 5.62. The minimum absolute atomic E-state index is 0.397. The van der Waals surface area contributed by atoms with Gasteiger partial charge in [-0.15, -0.1) is 0 Å². The lowest BCUT2D eigenvalue weighted by atomic mass is 9.85. The highest BCUT2D eigenvalue weighted by atomic mass is 15.1. The van der Waals surface area contributed by atoms with Crippen molar-refractivity contribution in [2.75, 3.05) is 27.2 Å². The van der Waals surface area contributed by atoms with Gasteiger partial charge in [-0.25, -0.2) is 0 Å². The SMILES string of the molecule is CNCCN(C)C(C)C(c1ccccc1)c1ccccc1. The van der Waals surface area contributed by atoms with Gasteiger partial charge in [-0.05, 0) is 32.1 Å². The minimum atomic E-state index is 0.397. The first-order valence-corrected chi connectivity index (χ1v) is 7.68. The van der Waals surface area contributed by atoms with Crippen LogP contribution in [0.1, 0.15) is 24.0 Å². The summed E-state index contributed by atoms with van der Waals surface area (Å²) in [6.45, 7) is 4.38. The van der Waals surface area contributed by atoms with E-state index in [1.165, 1.54) is 11.1 Å². The monoisotopic (exact) mass is 282 g/mol. The average molecular weight is 282 g/mol. The highest BCUT2D eigenvalue weighted by Crippen LogP contribution is 2.30. The summed E-state index contributed by atoms with van der Waals surface area (Å²) in [5, 5.41) is 3.23. The van der Waals surface area contributed by atoms with Crippen molar-refractivity contribution in [1.82, 2.24) is 10.2 Å². The summed E-state index contributed by atoms with van der Waals surface area (Å²) < 4.78 is 0. The van der Waals surface area contributed by atoms with Crippen LogP contribution in [0, 0.1) is 0 Å². The van der Waals surface area contributed by atoms with Gasteiger partial charge < -0.3 is 10.2 Å². The first kappa shape index (κ1) is 15.7. The highest BCUT2D eigenvalue weighted by molar-refractivity contribution is 5.34. The predicted molar refractivity (Wildman–Crippen MR) is 90.7 cm³/mol. The standard InChI is InChI=1S/C19H26N2/c1-16(21(3)15-14-20-2)19(17-10-6-4-7-11-17)18-12-8-5-9-13-18/h4-13,16,19-20H,14-15H2,1-3H3. The normalized spacial score (nSPS) is 12.8. The molecule has 0 saturated heterocycles. The molecule has 2 heteroatoms. The van der Waals surface area contributed by atoms with E-state index < -0.39 is 0 Å². The summed E-state index contributed by atoms with van der Waals surface area (Å²) in [7, 11) is 4.21. The van der Waals surface area contributed by atoms with Gasteiger partial charge in [-0.3, -0.25) is 0 Å². The first-order chi connectivity index (χ1) is 10.2. The van der Waals surface area contributed by atoms with Crippen molar-refractivity contribution in [3.8, 4) is 0 Å². The van der Waals surface area contributed by atoms with Crippen LogP contribution in [0.5, 0.6) is 0 Å². The molecule has 1 atom stereocenters. The van der Waals surface area contributed by atoms with Crippen LogP contribution in [0.2, 0.25) is 0 Å². The molecule has 112 valence electrons. The number of nitrogens with one attached hydrogen (secondary N) is 1. The molecule has 0 amide bonds. The number of rotatable bonds is 7. The number of nitrogens with zero attached hydrogens (tertiary/aromatic N) is 1. The molecule has 2 nitrogen and oxygen atoms in total. The molecule has 0 aliphatic carbocycles. The van der Waals surface area contributed by atoms with Gasteiger partial charge >= 0.3 is 0 Å². The third kappa shape index (κ3) is 4.16. The third-order valence-corrected chi connectivity index (χ3v) is 4.21. The Morgan fingerprint density at radius 2 is 1.38 bits per heavy atom. The van der Waals surface area contributed by atoms with Gasteiger partial charge in [-0.2, -0.15) is 0 Å². The molecule has 1 N–H and O–H groups in total. The fourth-order valence-electron chi connectivity index (χ4n) is 2.82. The Labute approximate surface area is 128 Å². The van der Waals surface area contributed by atoms with Gasteiger partial charge in [0.05, 0.1) is 0 Å². The molecule has 0 aliphatic rings. The Morgan fingerprint density at radius 3 is 1.81 bits per heavy atom. The quantitative estimate of drug-likeness (QED) is 0.837. The minimum Gasteiger partial charge on any atom is -0.318 e. The summed E-state index contributed by atoms with van der Waals surface area (Å²) in [5.74, 6) is 0.397. The van der Waals surface area contributed by atoms with Crippen LogP contribution >= 0.6 is 0 Å². The van der Waals surface area contributed by atoms with E-state index in [0.29, 0.717) is 12.0 Å². The van der Waals surface area contributed by atoms with Gasteiger partial charge in [0.1, 0.15) is 0 Å². The van der Waals surface area contributed by atoms with Crippen molar-refractivity contribution in [3.63, 3.8) is 0 Å². The smallest absolute Gasteiger partial charge is 0.0242 e. The zero-order valence-electron chi connectivity index (χ0n) is 13.3.